The number of rotatable bonds is 2. The molecule has 5 rings (SSSR count). The van der Waals surface area contributed by atoms with Gasteiger partial charge < -0.3 is 9.64 Å². The average Bonchev–Trinajstić information content (AvgIpc) is 3.20. The second kappa shape index (κ2) is 7.09. The summed E-state index contributed by atoms with van der Waals surface area (Å²) < 4.78 is 21.1. The van der Waals surface area contributed by atoms with Crippen LogP contribution < -0.4 is 4.74 Å². The molecule has 1 fully saturated rings. The van der Waals surface area contributed by atoms with Gasteiger partial charge in [0.15, 0.2) is 0 Å². The quantitative estimate of drug-likeness (QED) is 0.667. The van der Waals surface area contributed by atoms with E-state index in [1.165, 1.54) is 18.5 Å². The number of hydrogen-bond acceptors (Lipinski definition) is 5. The van der Waals surface area contributed by atoms with Gasteiger partial charge in [0, 0.05) is 24.7 Å². The molecule has 2 atom stereocenters. The first kappa shape index (κ1) is 18.0. The Morgan fingerprint density at radius 3 is 3.10 bits per heavy atom. The molecule has 0 radical (unpaired) electrons. The molecule has 0 bridgehead atoms. The maximum Gasteiger partial charge on any atom is 0.252 e. The number of ether oxygens (including phenoxy) is 1. The van der Waals surface area contributed by atoms with Crippen molar-refractivity contribution in [2.75, 3.05) is 19.7 Å². The Balaban J connectivity index is 1.35. The lowest BCUT2D eigenvalue weighted by atomic mass is 9.91. The Labute approximate surface area is 167 Å². The zero-order valence-electron chi connectivity index (χ0n) is 16.2. The maximum atomic E-state index is 13.6. The first-order valence-electron chi connectivity index (χ1n) is 9.96. The molecule has 0 saturated carbocycles. The Morgan fingerprint density at radius 1 is 1.31 bits per heavy atom. The lowest BCUT2D eigenvalue weighted by molar-refractivity contribution is -0.138. The molecule has 1 amide bonds. The van der Waals surface area contributed by atoms with Crippen LogP contribution in [0.15, 0.2) is 30.6 Å². The summed E-state index contributed by atoms with van der Waals surface area (Å²) in [5.41, 5.74) is 2.69. The van der Waals surface area contributed by atoms with Gasteiger partial charge in [0.05, 0.1) is 11.6 Å². The second-order valence-electron chi connectivity index (χ2n) is 7.88. The summed E-state index contributed by atoms with van der Waals surface area (Å²) >= 11 is 0. The minimum Gasteiger partial charge on any atom is -0.492 e. The predicted octanol–water partition coefficient (Wildman–Crippen LogP) is 2.53. The van der Waals surface area contributed by atoms with E-state index in [1.807, 2.05) is 17.9 Å². The number of carbonyl (C=O) groups is 1. The highest BCUT2D eigenvalue weighted by atomic mass is 19.1. The Bertz CT molecular complexity index is 1080. The van der Waals surface area contributed by atoms with Gasteiger partial charge in [-0.3, -0.25) is 4.79 Å². The highest BCUT2D eigenvalue weighted by Crippen LogP contribution is 2.32. The molecule has 2 unspecified atom stereocenters. The number of piperidine rings is 1. The number of amides is 1. The van der Waals surface area contributed by atoms with Crippen LogP contribution in [0.25, 0.3) is 5.78 Å². The number of aromatic nitrogens is 4. The third-order valence-electron chi connectivity index (χ3n) is 5.84. The minimum atomic E-state index is -0.302. The van der Waals surface area contributed by atoms with Crippen LogP contribution in [-0.2, 0) is 11.2 Å². The lowest BCUT2D eigenvalue weighted by Crippen LogP contribution is -2.45. The largest absolute Gasteiger partial charge is 0.492 e. The Hall–Kier alpha value is -3.03. The van der Waals surface area contributed by atoms with Gasteiger partial charge in [-0.1, -0.05) is 0 Å². The summed E-state index contributed by atoms with van der Waals surface area (Å²) in [5.74, 6) is 0.922. The third-order valence-corrected chi connectivity index (χ3v) is 5.84. The standard InChI is InChI=1S/C21H22FN5O2/c1-13-7-18(27-21(25-13)23-12-24-27)14-3-2-6-26(10-14)20(28)16-8-15-9-17(22)4-5-19(15)29-11-16/h4-5,7,9,12,14,16H,2-3,6,8,10-11H2,1H3. The van der Waals surface area contributed by atoms with E-state index in [0.717, 1.165) is 36.3 Å². The molecular weight excluding hydrogens is 373 g/mol. The summed E-state index contributed by atoms with van der Waals surface area (Å²) in [5, 5.41) is 4.31. The smallest absolute Gasteiger partial charge is 0.252 e. The maximum absolute atomic E-state index is 13.6. The van der Waals surface area contributed by atoms with E-state index in [9.17, 15) is 9.18 Å². The number of benzene rings is 1. The highest BCUT2D eigenvalue weighted by molar-refractivity contribution is 5.80. The van der Waals surface area contributed by atoms with Crippen molar-refractivity contribution in [3.05, 3.63) is 53.4 Å². The fourth-order valence-electron chi connectivity index (χ4n) is 4.45. The van der Waals surface area contributed by atoms with Crippen molar-refractivity contribution in [1.29, 1.82) is 0 Å². The van der Waals surface area contributed by atoms with Crippen LogP contribution in [0.2, 0.25) is 0 Å². The van der Waals surface area contributed by atoms with E-state index in [4.69, 9.17) is 4.74 Å². The number of hydrogen-bond donors (Lipinski definition) is 0. The summed E-state index contributed by atoms with van der Waals surface area (Å²) in [7, 11) is 0. The molecule has 1 aromatic carbocycles. The van der Waals surface area contributed by atoms with Gasteiger partial charge in [0.2, 0.25) is 5.91 Å². The number of likely N-dealkylation sites (tertiary alicyclic amines) is 1. The molecular formula is C21H22FN5O2. The summed E-state index contributed by atoms with van der Waals surface area (Å²) in [6.45, 7) is 3.64. The van der Waals surface area contributed by atoms with E-state index >= 15 is 0 Å². The SMILES string of the molecule is Cc1cc(C2CCCN(C(=O)C3COc4ccc(F)cc4C3)C2)n2ncnc2n1. The van der Waals surface area contributed by atoms with E-state index in [-0.39, 0.29) is 23.6 Å². The minimum absolute atomic E-state index is 0.0743. The van der Waals surface area contributed by atoms with Gasteiger partial charge in [0.1, 0.15) is 24.5 Å². The van der Waals surface area contributed by atoms with Crippen LogP contribution in [0, 0.1) is 18.7 Å². The first-order chi connectivity index (χ1) is 14.1. The monoisotopic (exact) mass is 395 g/mol. The number of nitrogens with zero attached hydrogens (tertiary/aromatic N) is 5. The van der Waals surface area contributed by atoms with Crippen LogP contribution in [0.4, 0.5) is 4.39 Å². The van der Waals surface area contributed by atoms with Crippen molar-refractivity contribution < 1.29 is 13.9 Å². The molecule has 0 N–H and O–H groups in total. The van der Waals surface area contributed by atoms with Gasteiger partial charge in [-0.05, 0) is 56.0 Å². The van der Waals surface area contributed by atoms with E-state index in [2.05, 4.69) is 15.1 Å². The van der Waals surface area contributed by atoms with Gasteiger partial charge >= 0.3 is 0 Å². The fraction of sp³-hybridized carbons (Fsp3) is 0.429. The van der Waals surface area contributed by atoms with Crippen molar-refractivity contribution in [1.82, 2.24) is 24.5 Å². The van der Waals surface area contributed by atoms with Crippen molar-refractivity contribution in [2.24, 2.45) is 5.92 Å². The van der Waals surface area contributed by atoms with Crippen LogP contribution >= 0.6 is 0 Å². The summed E-state index contributed by atoms with van der Waals surface area (Å²) in [4.78, 5) is 23.7. The fourth-order valence-corrected chi connectivity index (χ4v) is 4.45. The molecule has 8 heteroatoms. The normalized spacial score (nSPS) is 21.7. The van der Waals surface area contributed by atoms with E-state index < -0.39 is 0 Å². The van der Waals surface area contributed by atoms with E-state index in [0.29, 0.717) is 31.1 Å². The zero-order valence-corrected chi connectivity index (χ0v) is 16.2. The lowest BCUT2D eigenvalue weighted by Gasteiger charge is -2.36. The third kappa shape index (κ3) is 3.32. The van der Waals surface area contributed by atoms with Gasteiger partial charge in [0.25, 0.3) is 5.78 Å². The summed E-state index contributed by atoms with van der Waals surface area (Å²) in [6.07, 6.45) is 3.92. The number of halogens is 1. The number of fused-ring (bicyclic) bond motifs is 2. The average molecular weight is 395 g/mol. The molecule has 2 aliphatic heterocycles. The van der Waals surface area contributed by atoms with Crippen molar-refractivity contribution in [3.8, 4) is 5.75 Å². The topological polar surface area (TPSA) is 72.6 Å². The molecule has 0 aliphatic carbocycles. The summed E-state index contributed by atoms with van der Waals surface area (Å²) in [6, 6.07) is 6.52. The molecule has 3 aromatic rings. The van der Waals surface area contributed by atoms with Gasteiger partial charge in [-0.15, -0.1) is 0 Å². The Kier molecular flexibility index (Phi) is 4.41. The van der Waals surface area contributed by atoms with Crippen molar-refractivity contribution in [3.63, 3.8) is 0 Å². The van der Waals surface area contributed by atoms with E-state index in [1.54, 1.807) is 10.6 Å². The molecule has 0 spiro atoms. The van der Waals surface area contributed by atoms with Gasteiger partial charge in [-0.25, -0.2) is 13.9 Å². The predicted molar refractivity (Wildman–Crippen MR) is 103 cm³/mol. The molecule has 7 nitrogen and oxygen atoms in total. The Morgan fingerprint density at radius 2 is 2.21 bits per heavy atom. The molecule has 2 aromatic heterocycles. The molecule has 29 heavy (non-hydrogen) atoms. The number of carbonyl (C=O) groups excluding carboxylic acids is 1. The highest BCUT2D eigenvalue weighted by Gasteiger charge is 2.33. The number of aryl methyl sites for hydroxylation is 1. The van der Waals surface area contributed by atoms with Crippen LogP contribution in [-0.4, -0.2) is 50.1 Å². The van der Waals surface area contributed by atoms with Crippen molar-refractivity contribution in [2.45, 2.75) is 32.1 Å². The second-order valence-corrected chi connectivity index (χ2v) is 7.88. The molecule has 4 heterocycles. The van der Waals surface area contributed by atoms with Crippen LogP contribution in [0.5, 0.6) is 5.75 Å². The first-order valence-corrected chi connectivity index (χ1v) is 9.96. The molecule has 150 valence electrons. The van der Waals surface area contributed by atoms with Gasteiger partial charge in [-0.2, -0.15) is 10.1 Å². The van der Waals surface area contributed by atoms with Crippen molar-refractivity contribution >= 4 is 11.7 Å². The van der Waals surface area contributed by atoms with Crippen LogP contribution in [0.3, 0.4) is 0 Å². The van der Waals surface area contributed by atoms with Crippen LogP contribution in [0.1, 0.15) is 35.7 Å². The zero-order chi connectivity index (χ0) is 20.0. The molecule has 2 aliphatic rings. The molecule has 1 saturated heterocycles.